The summed E-state index contributed by atoms with van der Waals surface area (Å²) in [5, 5.41) is 0.268. The zero-order chi connectivity index (χ0) is 14.9. The van der Waals surface area contributed by atoms with Crippen LogP contribution in [0, 0.1) is 0 Å². The average Bonchev–Trinajstić information content (AvgIpc) is 2.77. The molecule has 1 aromatic heterocycles. The smallest absolute Gasteiger partial charge is 0.242 e. The zero-order valence-corrected chi connectivity index (χ0v) is 15.4. The minimum Gasteiger partial charge on any atom is -0.398 e. The van der Waals surface area contributed by atoms with Crippen molar-refractivity contribution in [3.8, 4) is 0 Å². The first-order chi connectivity index (χ1) is 9.29. The van der Waals surface area contributed by atoms with Crippen LogP contribution in [0.5, 0.6) is 0 Å². The molecular formula is C11H9Br2ClN2O2S2. The van der Waals surface area contributed by atoms with Crippen molar-refractivity contribution in [2.24, 2.45) is 0 Å². The molecule has 1 aromatic carbocycles. The van der Waals surface area contributed by atoms with Crippen LogP contribution in [-0.4, -0.2) is 8.42 Å². The van der Waals surface area contributed by atoms with Gasteiger partial charge >= 0.3 is 0 Å². The molecule has 3 N–H and O–H groups in total. The van der Waals surface area contributed by atoms with Crippen LogP contribution in [0.3, 0.4) is 0 Å². The number of hydrogen-bond donors (Lipinski definition) is 2. The van der Waals surface area contributed by atoms with Crippen LogP contribution < -0.4 is 10.5 Å². The summed E-state index contributed by atoms with van der Waals surface area (Å²) in [7, 11) is -3.69. The third-order valence-electron chi connectivity index (χ3n) is 2.39. The van der Waals surface area contributed by atoms with E-state index in [9.17, 15) is 8.42 Å². The Morgan fingerprint density at radius 1 is 1.30 bits per heavy atom. The topological polar surface area (TPSA) is 72.2 Å². The monoisotopic (exact) mass is 458 g/mol. The number of rotatable bonds is 4. The summed E-state index contributed by atoms with van der Waals surface area (Å²) in [6, 6.07) is 6.55. The molecule has 0 aliphatic heterocycles. The number of nitrogen functional groups attached to an aromatic ring is 1. The van der Waals surface area contributed by atoms with Crippen molar-refractivity contribution in [2.45, 2.75) is 11.4 Å². The molecule has 0 amide bonds. The van der Waals surface area contributed by atoms with E-state index in [4.69, 9.17) is 17.3 Å². The number of benzene rings is 1. The quantitative estimate of drug-likeness (QED) is 0.678. The van der Waals surface area contributed by atoms with Crippen LogP contribution in [0.2, 0.25) is 5.02 Å². The molecule has 0 saturated carbocycles. The normalized spacial score (nSPS) is 11.8. The van der Waals surface area contributed by atoms with E-state index >= 15 is 0 Å². The summed E-state index contributed by atoms with van der Waals surface area (Å²) < 4.78 is 28.3. The number of anilines is 1. The first-order valence-electron chi connectivity index (χ1n) is 5.28. The summed E-state index contributed by atoms with van der Waals surface area (Å²) in [4.78, 5) is 0.921. The van der Waals surface area contributed by atoms with Gasteiger partial charge in [-0.15, -0.1) is 11.3 Å². The van der Waals surface area contributed by atoms with Gasteiger partial charge in [0.25, 0.3) is 0 Å². The van der Waals surface area contributed by atoms with Crippen molar-refractivity contribution < 1.29 is 8.42 Å². The average molecular weight is 461 g/mol. The van der Waals surface area contributed by atoms with Crippen molar-refractivity contribution in [2.75, 3.05) is 5.73 Å². The Balaban J connectivity index is 2.27. The zero-order valence-electron chi connectivity index (χ0n) is 9.86. The summed E-state index contributed by atoms with van der Waals surface area (Å²) in [6.45, 7) is 0.206. The molecule has 4 nitrogen and oxygen atoms in total. The van der Waals surface area contributed by atoms with Gasteiger partial charge in [-0.05, 0) is 56.1 Å². The van der Waals surface area contributed by atoms with Crippen molar-refractivity contribution in [1.29, 1.82) is 0 Å². The van der Waals surface area contributed by atoms with Gasteiger partial charge in [-0.2, -0.15) is 0 Å². The van der Waals surface area contributed by atoms with Crippen LogP contribution in [-0.2, 0) is 16.6 Å². The predicted molar refractivity (Wildman–Crippen MR) is 89.6 cm³/mol. The molecule has 0 radical (unpaired) electrons. The van der Waals surface area contributed by atoms with Crippen molar-refractivity contribution in [3.05, 3.63) is 42.4 Å². The van der Waals surface area contributed by atoms with Gasteiger partial charge in [0.05, 0.1) is 13.2 Å². The Bertz CT molecular complexity index is 747. The van der Waals surface area contributed by atoms with E-state index in [0.717, 1.165) is 8.66 Å². The highest BCUT2D eigenvalue weighted by Crippen LogP contribution is 2.31. The van der Waals surface area contributed by atoms with Gasteiger partial charge in [-0.3, -0.25) is 0 Å². The number of hydrogen-bond acceptors (Lipinski definition) is 4. The minimum absolute atomic E-state index is 0.0260. The Labute approximate surface area is 142 Å². The number of nitrogens with one attached hydrogen (secondary N) is 1. The largest absolute Gasteiger partial charge is 0.398 e. The Morgan fingerprint density at radius 3 is 2.60 bits per heavy atom. The second kappa shape index (κ2) is 6.33. The highest BCUT2D eigenvalue weighted by molar-refractivity contribution is 9.11. The molecule has 2 aromatic rings. The lowest BCUT2D eigenvalue weighted by Gasteiger charge is -2.10. The Kier molecular flexibility index (Phi) is 5.14. The van der Waals surface area contributed by atoms with Gasteiger partial charge in [-0.25, -0.2) is 13.1 Å². The fourth-order valence-electron chi connectivity index (χ4n) is 1.47. The highest BCUT2D eigenvalue weighted by atomic mass is 79.9. The fourth-order valence-corrected chi connectivity index (χ4v) is 5.28. The standard InChI is InChI=1S/C11H9Br2ClN2O2S2/c12-10-2-1-7(19-10)5-16-20(17,18)9-4-6(14)3-8(15)11(9)13/h1-4,16H,5,15H2. The van der Waals surface area contributed by atoms with Gasteiger partial charge in [-0.1, -0.05) is 11.6 Å². The molecule has 0 aliphatic carbocycles. The minimum atomic E-state index is -3.69. The van der Waals surface area contributed by atoms with E-state index in [1.807, 2.05) is 12.1 Å². The predicted octanol–water partition coefficient (Wildman–Crippen LogP) is 3.99. The molecule has 0 atom stereocenters. The molecule has 0 unspecified atom stereocenters. The lowest BCUT2D eigenvalue weighted by molar-refractivity contribution is 0.581. The molecule has 0 aliphatic rings. The molecule has 0 spiro atoms. The molecule has 0 saturated heterocycles. The first kappa shape index (κ1) is 16.3. The Hall–Kier alpha value is -0.120. The van der Waals surface area contributed by atoms with Crippen LogP contribution >= 0.6 is 54.8 Å². The molecule has 2 rings (SSSR count). The Morgan fingerprint density at radius 2 is 2.00 bits per heavy atom. The van der Waals surface area contributed by atoms with Gasteiger partial charge in [0.1, 0.15) is 0 Å². The lowest BCUT2D eigenvalue weighted by atomic mass is 10.3. The van der Waals surface area contributed by atoms with Gasteiger partial charge in [0, 0.05) is 22.1 Å². The summed E-state index contributed by atoms with van der Waals surface area (Å²) in [5.41, 5.74) is 5.98. The second-order valence-corrected chi connectivity index (χ2v) is 9.35. The van der Waals surface area contributed by atoms with E-state index in [1.54, 1.807) is 0 Å². The molecule has 1 heterocycles. The number of sulfonamides is 1. The van der Waals surface area contributed by atoms with E-state index in [1.165, 1.54) is 23.5 Å². The highest BCUT2D eigenvalue weighted by Gasteiger charge is 2.20. The van der Waals surface area contributed by atoms with Gasteiger partial charge in [0.2, 0.25) is 10.0 Å². The van der Waals surface area contributed by atoms with Crippen LogP contribution in [0.15, 0.2) is 37.4 Å². The summed E-state index contributed by atoms with van der Waals surface area (Å²) in [6.07, 6.45) is 0. The van der Waals surface area contributed by atoms with Crippen LogP contribution in [0.25, 0.3) is 0 Å². The van der Waals surface area contributed by atoms with Crippen LogP contribution in [0.1, 0.15) is 4.88 Å². The van der Waals surface area contributed by atoms with E-state index in [0.29, 0.717) is 4.47 Å². The van der Waals surface area contributed by atoms with Crippen molar-refractivity contribution in [3.63, 3.8) is 0 Å². The molecule has 0 bridgehead atoms. The maximum atomic E-state index is 12.3. The number of nitrogens with two attached hydrogens (primary N) is 1. The third kappa shape index (κ3) is 3.75. The van der Waals surface area contributed by atoms with Gasteiger partial charge < -0.3 is 5.73 Å². The van der Waals surface area contributed by atoms with E-state index in [-0.39, 0.29) is 22.2 Å². The van der Waals surface area contributed by atoms with E-state index < -0.39 is 10.0 Å². The van der Waals surface area contributed by atoms with Crippen molar-refractivity contribution >= 4 is 70.5 Å². The fraction of sp³-hybridized carbons (Fsp3) is 0.0909. The second-order valence-electron chi connectivity index (χ2n) is 3.84. The first-order valence-corrected chi connectivity index (χ1v) is 9.54. The van der Waals surface area contributed by atoms with Crippen molar-refractivity contribution in [1.82, 2.24) is 4.72 Å². The van der Waals surface area contributed by atoms with E-state index in [2.05, 4.69) is 36.6 Å². The third-order valence-corrected chi connectivity index (χ3v) is 6.80. The maximum Gasteiger partial charge on any atom is 0.242 e. The maximum absolute atomic E-state index is 12.3. The van der Waals surface area contributed by atoms with Crippen LogP contribution in [0.4, 0.5) is 5.69 Å². The summed E-state index contributed by atoms with van der Waals surface area (Å²) >= 11 is 13.8. The molecular weight excluding hydrogens is 452 g/mol. The lowest BCUT2D eigenvalue weighted by Crippen LogP contribution is -2.23. The molecule has 108 valence electrons. The van der Waals surface area contributed by atoms with Gasteiger partial charge in [0.15, 0.2) is 0 Å². The SMILES string of the molecule is Nc1cc(Cl)cc(S(=O)(=O)NCc2ccc(Br)s2)c1Br. The molecule has 20 heavy (non-hydrogen) atoms. The summed E-state index contributed by atoms with van der Waals surface area (Å²) in [5.74, 6) is 0. The number of halogens is 3. The molecule has 0 fully saturated rings. The number of thiophene rings is 1. The molecule has 9 heteroatoms.